The van der Waals surface area contributed by atoms with Crippen molar-refractivity contribution in [2.45, 2.75) is 20.5 Å². The normalized spacial score (nSPS) is 11.7. The first kappa shape index (κ1) is 23.2. The third-order valence-electron chi connectivity index (χ3n) is 4.83. The standard InChI is InChI=1S/C23H21NO9S/c1-4-29-23(27)19-12(2)18(22(26)28-3)21(34-19)24-20(25)16-8-6-14(33-16)10-30-13-5-7-15-17(9-13)32-11-31-15/h5-9H,4,10-11H2,1-3H3,(H,24,25). The molecule has 0 atom stereocenters. The number of carbonyl (C=O) groups excluding carboxylic acids is 3. The van der Waals surface area contributed by atoms with Crippen molar-refractivity contribution in [3.05, 3.63) is 57.9 Å². The summed E-state index contributed by atoms with van der Waals surface area (Å²) in [4.78, 5) is 37.5. The summed E-state index contributed by atoms with van der Waals surface area (Å²) in [6, 6.07) is 8.27. The first-order chi connectivity index (χ1) is 16.4. The summed E-state index contributed by atoms with van der Waals surface area (Å²) in [6.07, 6.45) is 0. The molecule has 3 aromatic rings. The number of furan rings is 1. The van der Waals surface area contributed by atoms with E-state index in [1.807, 2.05) is 0 Å². The maximum atomic E-state index is 12.8. The van der Waals surface area contributed by atoms with E-state index >= 15 is 0 Å². The second-order valence-electron chi connectivity index (χ2n) is 7.00. The molecule has 1 aliphatic rings. The number of thiophene rings is 1. The first-order valence-electron chi connectivity index (χ1n) is 10.2. The number of methoxy groups -OCH3 is 1. The van der Waals surface area contributed by atoms with Crippen LogP contribution in [0.15, 0.2) is 34.7 Å². The number of esters is 2. The molecule has 2 aromatic heterocycles. The van der Waals surface area contributed by atoms with Crippen LogP contribution < -0.4 is 19.5 Å². The molecule has 0 bridgehead atoms. The molecule has 3 heterocycles. The Bertz CT molecular complexity index is 1240. The van der Waals surface area contributed by atoms with Gasteiger partial charge in [-0.1, -0.05) is 0 Å². The van der Waals surface area contributed by atoms with Crippen molar-refractivity contribution < 1.29 is 42.5 Å². The second-order valence-corrected chi connectivity index (χ2v) is 8.02. The van der Waals surface area contributed by atoms with Gasteiger partial charge in [0.25, 0.3) is 5.91 Å². The Hall–Kier alpha value is -3.99. The largest absolute Gasteiger partial charge is 0.486 e. The van der Waals surface area contributed by atoms with E-state index in [-0.39, 0.29) is 41.2 Å². The Morgan fingerprint density at radius 3 is 2.65 bits per heavy atom. The SMILES string of the molecule is CCOC(=O)c1sc(NC(=O)c2ccc(COc3ccc4c(c3)OCO4)o2)c(C(=O)OC)c1C. The van der Waals surface area contributed by atoms with Gasteiger partial charge in [-0.15, -0.1) is 11.3 Å². The highest BCUT2D eigenvalue weighted by molar-refractivity contribution is 7.18. The van der Waals surface area contributed by atoms with Crippen molar-refractivity contribution >= 4 is 34.2 Å². The molecule has 0 unspecified atom stereocenters. The Morgan fingerprint density at radius 1 is 1.09 bits per heavy atom. The summed E-state index contributed by atoms with van der Waals surface area (Å²) in [7, 11) is 1.22. The van der Waals surface area contributed by atoms with Crippen molar-refractivity contribution in [3.8, 4) is 17.2 Å². The van der Waals surface area contributed by atoms with Crippen LogP contribution in [0.4, 0.5) is 5.00 Å². The molecular formula is C23H21NO9S. The van der Waals surface area contributed by atoms with Crippen molar-refractivity contribution in [2.75, 3.05) is 25.8 Å². The zero-order valence-corrected chi connectivity index (χ0v) is 19.4. The van der Waals surface area contributed by atoms with E-state index in [0.29, 0.717) is 28.6 Å². The highest BCUT2D eigenvalue weighted by Crippen LogP contribution is 2.36. The maximum absolute atomic E-state index is 12.8. The van der Waals surface area contributed by atoms with E-state index in [9.17, 15) is 14.4 Å². The number of amides is 1. The lowest BCUT2D eigenvalue weighted by atomic mass is 10.1. The van der Waals surface area contributed by atoms with Gasteiger partial charge in [-0.3, -0.25) is 4.79 Å². The molecule has 0 radical (unpaired) electrons. The fourth-order valence-electron chi connectivity index (χ4n) is 3.20. The Balaban J connectivity index is 1.46. The monoisotopic (exact) mass is 487 g/mol. The van der Waals surface area contributed by atoms with Crippen LogP contribution in [0.3, 0.4) is 0 Å². The molecule has 0 saturated carbocycles. The molecule has 178 valence electrons. The zero-order chi connectivity index (χ0) is 24.2. The van der Waals surface area contributed by atoms with Gasteiger partial charge in [0.15, 0.2) is 17.3 Å². The van der Waals surface area contributed by atoms with Crippen molar-refractivity contribution in [3.63, 3.8) is 0 Å². The lowest BCUT2D eigenvalue weighted by Crippen LogP contribution is -2.13. The van der Waals surface area contributed by atoms with Gasteiger partial charge >= 0.3 is 11.9 Å². The fraction of sp³-hybridized carbons (Fsp3) is 0.261. The van der Waals surface area contributed by atoms with Gasteiger partial charge in [0.1, 0.15) is 28.0 Å². The van der Waals surface area contributed by atoms with Crippen molar-refractivity contribution in [1.82, 2.24) is 0 Å². The van der Waals surface area contributed by atoms with Gasteiger partial charge in [-0.05, 0) is 43.7 Å². The number of hydrogen-bond acceptors (Lipinski definition) is 10. The number of anilines is 1. The lowest BCUT2D eigenvalue weighted by molar-refractivity contribution is 0.0531. The molecule has 1 amide bonds. The van der Waals surface area contributed by atoms with Gasteiger partial charge in [-0.25, -0.2) is 9.59 Å². The van der Waals surface area contributed by atoms with Crippen molar-refractivity contribution in [2.24, 2.45) is 0 Å². The van der Waals surface area contributed by atoms with Crippen LogP contribution in [0.2, 0.25) is 0 Å². The van der Waals surface area contributed by atoms with E-state index in [2.05, 4.69) is 5.32 Å². The molecule has 1 N–H and O–H groups in total. The third-order valence-corrected chi connectivity index (χ3v) is 6.02. The number of hydrogen-bond donors (Lipinski definition) is 1. The molecule has 4 rings (SSSR count). The van der Waals surface area contributed by atoms with Crippen LogP contribution in [-0.2, 0) is 16.1 Å². The predicted molar refractivity (Wildman–Crippen MR) is 120 cm³/mol. The van der Waals surface area contributed by atoms with Gasteiger partial charge in [-0.2, -0.15) is 0 Å². The minimum absolute atomic E-state index is 0.00356. The Kier molecular flexibility index (Phi) is 6.73. The lowest BCUT2D eigenvalue weighted by Gasteiger charge is -2.06. The van der Waals surface area contributed by atoms with Crippen LogP contribution in [0, 0.1) is 6.92 Å². The fourth-order valence-corrected chi connectivity index (χ4v) is 4.29. The first-order valence-corrected chi connectivity index (χ1v) is 11.0. The van der Waals surface area contributed by atoms with Gasteiger partial charge < -0.3 is 33.4 Å². The van der Waals surface area contributed by atoms with E-state index in [1.165, 1.54) is 13.2 Å². The summed E-state index contributed by atoms with van der Waals surface area (Å²) in [5.74, 6) is 0.325. The predicted octanol–water partition coefficient (Wildman–Crippen LogP) is 4.17. The van der Waals surface area contributed by atoms with E-state index < -0.39 is 17.8 Å². The topological polar surface area (TPSA) is 123 Å². The van der Waals surface area contributed by atoms with Gasteiger partial charge in [0.2, 0.25) is 6.79 Å². The zero-order valence-electron chi connectivity index (χ0n) is 18.6. The maximum Gasteiger partial charge on any atom is 0.348 e. The minimum atomic E-state index is -0.683. The van der Waals surface area contributed by atoms with E-state index in [1.54, 1.807) is 38.1 Å². The Morgan fingerprint density at radius 2 is 1.88 bits per heavy atom. The van der Waals surface area contributed by atoms with E-state index in [4.69, 9.17) is 28.1 Å². The highest BCUT2D eigenvalue weighted by Gasteiger charge is 2.27. The van der Waals surface area contributed by atoms with Gasteiger partial charge in [0.05, 0.1) is 19.3 Å². The molecule has 0 aliphatic carbocycles. The number of fused-ring (bicyclic) bond motifs is 1. The number of nitrogens with one attached hydrogen (secondary N) is 1. The highest BCUT2D eigenvalue weighted by atomic mass is 32.1. The van der Waals surface area contributed by atoms with Crippen LogP contribution in [0.25, 0.3) is 0 Å². The summed E-state index contributed by atoms with van der Waals surface area (Å²) < 4.78 is 31.7. The summed E-state index contributed by atoms with van der Waals surface area (Å²) in [5, 5.41) is 2.78. The molecule has 0 spiro atoms. The molecule has 34 heavy (non-hydrogen) atoms. The average molecular weight is 487 g/mol. The van der Waals surface area contributed by atoms with E-state index in [0.717, 1.165) is 11.3 Å². The third kappa shape index (κ3) is 4.69. The number of rotatable bonds is 8. The van der Waals surface area contributed by atoms with Crippen LogP contribution in [0.1, 0.15) is 48.8 Å². The molecule has 0 saturated heterocycles. The molecular weight excluding hydrogens is 466 g/mol. The Labute approximate surface area is 198 Å². The summed E-state index contributed by atoms with van der Waals surface area (Å²) >= 11 is 0.929. The summed E-state index contributed by atoms with van der Waals surface area (Å²) in [6.45, 7) is 3.68. The van der Waals surface area contributed by atoms with Crippen molar-refractivity contribution in [1.29, 1.82) is 0 Å². The summed E-state index contributed by atoms with van der Waals surface area (Å²) in [5.41, 5.74) is 0.449. The van der Waals surface area contributed by atoms with Gasteiger partial charge in [0, 0.05) is 6.07 Å². The molecule has 10 nitrogen and oxygen atoms in total. The smallest absolute Gasteiger partial charge is 0.348 e. The van der Waals surface area contributed by atoms with Crippen LogP contribution in [0.5, 0.6) is 17.2 Å². The van der Waals surface area contributed by atoms with Crippen LogP contribution in [-0.4, -0.2) is 38.4 Å². The number of benzene rings is 1. The molecule has 1 aromatic carbocycles. The molecule has 1 aliphatic heterocycles. The molecule has 0 fully saturated rings. The quantitative estimate of drug-likeness (QED) is 0.466. The average Bonchev–Trinajstić information content (AvgIpc) is 3.56. The number of carbonyl (C=O) groups is 3. The second kappa shape index (κ2) is 9.87. The van der Waals surface area contributed by atoms with Crippen LogP contribution >= 0.6 is 11.3 Å². The molecule has 11 heteroatoms. The number of ether oxygens (including phenoxy) is 5. The minimum Gasteiger partial charge on any atom is -0.486 e.